The van der Waals surface area contributed by atoms with Gasteiger partial charge in [0.05, 0.1) is 23.9 Å². The smallest absolute Gasteiger partial charge is 0.261 e. The largest absolute Gasteiger partial charge is 0.299 e. The van der Waals surface area contributed by atoms with Crippen LogP contribution in [0.1, 0.15) is 44.8 Å². The number of likely N-dealkylation sites (tertiary alicyclic amines) is 1. The van der Waals surface area contributed by atoms with E-state index in [1.165, 1.54) is 10.5 Å². The summed E-state index contributed by atoms with van der Waals surface area (Å²) in [5.74, 6) is 0.0303. The van der Waals surface area contributed by atoms with Gasteiger partial charge in [-0.3, -0.25) is 24.1 Å². The van der Waals surface area contributed by atoms with Crippen LogP contribution in [0.3, 0.4) is 0 Å². The lowest BCUT2D eigenvalue weighted by atomic mass is 9.96. The number of amides is 2. The van der Waals surface area contributed by atoms with Crippen molar-refractivity contribution >= 4 is 11.8 Å². The molecule has 0 aliphatic carbocycles. The van der Waals surface area contributed by atoms with Crippen molar-refractivity contribution < 1.29 is 9.59 Å². The standard InChI is InChI=1S/C24H25N5O2/c30-23-21-8-4-5-9-22(21)24(31)29(23)17-20-16-28(26-25-20)15-19-10-12-27(13-11-19)14-18-6-2-1-3-7-18/h1-9,16,19H,10-15,17H2. The first-order valence-electron chi connectivity index (χ1n) is 10.8. The SMILES string of the molecule is O=C1c2ccccc2C(=O)N1Cc1cn(CC2CCN(Cc3ccccc3)CC2)nn1. The summed E-state index contributed by atoms with van der Waals surface area (Å²) in [4.78, 5) is 28.8. The molecular weight excluding hydrogens is 390 g/mol. The van der Waals surface area contributed by atoms with Crippen molar-refractivity contribution in [1.82, 2.24) is 24.8 Å². The summed E-state index contributed by atoms with van der Waals surface area (Å²) in [5.41, 5.74) is 2.91. The molecule has 1 saturated heterocycles. The molecule has 158 valence electrons. The van der Waals surface area contributed by atoms with Gasteiger partial charge >= 0.3 is 0 Å². The number of carbonyl (C=O) groups excluding carboxylic acids is 2. The van der Waals surface area contributed by atoms with Crippen molar-refractivity contribution in [3.8, 4) is 0 Å². The second-order valence-electron chi connectivity index (χ2n) is 8.38. The molecule has 0 spiro atoms. The van der Waals surface area contributed by atoms with Crippen LogP contribution in [-0.2, 0) is 19.6 Å². The second-order valence-corrected chi connectivity index (χ2v) is 8.38. The van der Waals surface area contributed by atoms with Crippen LogP contribution in [0.4, 0.5) is 0 Å². The number of nitrogens with zero attached hydrogens (tertiary/aromatic N) is 5. The number of rotatable bonds is 6. The summed E-state index contributed by atoms with van der Waals surface area (Å²) in [5, 5.41) is 8.45. The number of fused-ring (bicyclic) bond motifs is 1. The number of hydrogen-bond donors (Lipinski definition) is 0. The Morgan fingerprint density at radius 1 is 0.839 bits per heavy atom. The monoisotopic (exact) mass is 415 g/mol. The van der Waals surface area contributed by atoms with Gasteiger partial charge in [0.15, 0.2) is 0 Å². The van der Waals surface area contributed by atoms with E-state index in [1.54, 1.807) is 24.3 Å². The van der Waals surface area contributed by atoms with Crippen LogP contribution in [0.5, 0.6) is 0 Å². The maximum atomic E-state index is 12.5. The molecule has 31 heavy (non-hydrogen) atoms. The molecule has 0 bridgehead atoms. The Kier molecular flexibility index (Phi) is 5.34. The van der Waals surface area contributed by atoms with E-state index in [1.807, 2.05) is 10.9 Å². The number of benzene rings is 2. The zero-order valence-corrected chi connectivity index (χ0v) is 17.4. The van der Waals surface area contributed by atoms with Gasteiger partial charge in [-0.25, -0.2) is 0 Å². The van der Waals surface area contributed by atoms with Crippen molar-refractivity contribution in [2.24, 2.45) is 5.92 Å². The average molecular weight is 415 g/mol. The minimum atomic E-state index is -0.263. The fraction of sp³-hybridized carbons (Fsp3) is 0.333. The van der Waals surface area contributed by atoms with E-state index in [4.69, 9.17) is 0 Å². The maximum Gasteiger partial charge on any atom is 0.261 e. The molecule has 0 atom stereocenters. The quantitative estimate of drug-likeness (QED) is 0.579. The Hall–Kier alpha value is -3.32. The highest BCUT2D eigenvalue weighted by Crippen LogP contribution is 2.24. The van der Waals surface area contributed by atoms with Crippen LogP contribution in [0.15, 0.2) is 60.8 Å². The van der Waals surface area contributed by atoms with Crippen LogP contribution in [0.2, 0.25) is 0 Å². The zero-order valence-electron chi connectivity index (χ0n) is 17.4. The van der Waals surface area contributed by atoms with Crippen molar-refractivity contribution in [3.63, 3.8) is 0 Å². The fourth-order valence-corrected chi connectivity index (χ4v) is 4.48. The van der Waals surface area contributed by atoms with Gasteiger partial charge in [-0.05, 0) is 49.5 Å². The Morgan fingerprint density at radius 3 is 2.16 bits per heavy atom. The lowest BCUT2D eigenvalue weighted by Gasteiger charge is -2.31. The molecule has 0 N–H and O–H groups in total. The summed E-state index contributed by atoms with van der Waals surface area (Å²) in [7, 11) is 0. The van der Waals surface area contributed by atoms with E-state index in [9.17, 15) is 9.59 Å². The molecule has 2 aliphatic rings. The van der Waals surface area contributed by atoms with Crippen molar-refractivity contribution in [2.45, 2.75) is 32.5 Å². The molecule has 1 aromatic heterocycles. The van der Waals surface area contributed by atoms with Gasteiger partial charge in [-0.15, -0.1) is 5.10 Å². The minimum absolute atomic E-state index is 0.155. The average Bonchev–Trinajstić information content (AvgIpc) is 3.34. The third kappa shape index (κ3) is 4.14. The molecule has 2 aliphatic heterocycles. The Bertz CT molecular complexity index is 1050. The Morgan fingerprint density at radius 2 is 1.48 bits per heavy atom. The number of piperidine rings is 1. The normalized spacial score (nSPS) is 17.4. The minimum Gasteiger partial charge on any atom is -0.299 e. The van der Waals surface area contributed by atoms with E-state index in [0.717, 1.165) is 39.0 Å². The molecule has 0 unspecified atom stereocenters. The van der Waals surface area contributed by atoms with E-state index in [0.29, 0.717) is 22.7 Å². The van der Waals surface area contributed by atoms with Crippen LogP contribution in [0, 0.1) is 5.92 Å². The van der Waals surface area contributed by atoms with Gasteiger partial charge in [0.2, 0.25) is 0 Å². The van der Waals surface area contributed by atoms with Crippen LogP contribution >= 0.6 is 0 Å². The second kappa shape index (κ2) is 8.43. The van der Waals surface area contributed by atoms with Gasteiger partial charge in [0.1, 0.15) is 5.69 Å². The molecule has 2 aromatic carbocycles. The molecule has 0 saturated carbocycles. The Labute approximate surface area is 181 Å². The first-order valence-corrected chi connectivity index (χ1v) is 10.8. The van der Waals surface area contributed by atoms with Gasteiger partial charge in [-0.1, -0.05) is 47.7 Å². The number of hydrogen-bond acceptors (Lipinski definition) is 5. The summed E-state index contributed by atoms with van der Waals surface area (Å²) in [6, 6.07) is 17.5. The topological polar surface area (TPSA) is 71.3 Å². The third-order valence-electron chi connectivity index (χ3n) is 6.19. The van der Waals surface area contributed by atoms with Gasteiger partial charge in [0, 0.05) is 13.1 Å². The third-order valence-corrected chi connectivity index (χ3v) is 6.19. The fourth-order valence-electron chi connectivity index (χ4n) is 4.48. The van der Waals surface area contributed by atoms with E-state index < -0.39 is 0 Å². The van der Waals surface area contributed by atoms with Gasteiger partial charge in [-0.2, -0.15) is 0 Å². The van der Waals surface area contributed by atoms with Crippen LogP contribution < -0.4 is 0 Å². The molecule has 3 aromatic rings. The lowest BCUT2D eigenvalue weighted by molar-refractivity contribution is 0.0640. The van der Waals surface area contributed by atoms with Crippen molar-refractivity contribution in [2.75, 3.05) is 13.1 Å². The van der Waals surface area contributed by atoms with E-state index in [-0.39, 0.29) is 18.4 Å². The van der Waals surface area contributed by atoms with Crippen molar-refractivity contribution in [3.05, 3.63) is 83.2 Å². The number of carbonyl (C=O) groups is 2. The molecular formula is C24H25N5O2. The molecule has 1 fully saturated rings. The predicted molar refractivity (Wildman–Crippen MR) is 115 cm³/mol. The first kappa shape index (κ1) is 19.6. The molecule has 7 nitrogen and oxygen atoms in total. The van der Waals surface area contributed by atoms with Crippen LogP contribution in [-0.4, -0.2) is 49.7 Å². The molecule has 7 heteroatoms. The van der Waals surface area contributed by atoms with Crippen LogP contribution in [0.25, 0.3) is 0 Å². The summed E-state index contributed by atoms with van der Waals surface area (Å²) in [6.45, 7) is 4.13. The maximum absolute atomic E-state index is 12.5. The van der Waals surface area contributed by atoms with E-state index >= 15 is 0 Å². The zero-order chi connectivity index (χ0) is 21.2. The highest BCUT2D eigenvalue weighted by atomic mass is 16.2. The first-order chi connectivity index (χ1) is 15.2. The lowest BCUT2D eigenvalue weighted by Crippen LogP contribution is -2.34. The number of aromatic nitrogens is 3. The highest BCUT2D eigenvalue weighted by Gasteiger charge is 2.35. The molecule has 0 radical (unpaired) electrons. The summed E-state index contributed by atoms with van der Waals surface area (Å²) >= 11 is 0. The summed E-state index contributed by atoms with van der Waals surface area (Å²) < 4.78 is 1.85. The van der Waals surface area contributed by atoms with Crippen molar-refractivity contribution in [1.29, 1.82) is 0 Å². The Balaban J connectivity index is 1.14. The number of imide groups is 1. The van der Waals surface area contributed by atoms with E-state index in [2.05, 4.69) is 45.5 Å². The molecule has 2 amide bonds. The molecule has 3 heterocycles. The molecule has 5 rings (SSSR count). The van der Waals surface area contributed by atoms with Gasteiger partial charge in [0.25, 0.3) is 11.8 Å². The predicted octanol–water partition coefficient (Wildman–Crippen LogP) is 2.99. The van der Waals surface area contributed by atoms with Gasteiger partial charge < -0.3 is 0 Å². The highest BCUT2D eigenvalue weighted by molar-refractivity contribution is 6.21. The summed E-state index contributed by atoms with van der Waals surface area (Å²) in [6.07, 6.45) is 4.11.